The molecule has 2 aliphatic heterocycles. The van der Waals surface area contributed by atoms with Crippen LogP contribution in [-0.4, -0.2) is 35.3 Å². The van der Waals surface area contributed by atoms with Gasteiger partial charge >= 0.3 is 0 Å². The molecular weight excluding hydrogens is 306 g/mol. The highest BCUT2D eigenvalue weighted by molar-refractivity contribution is 9.09. The summed E-state index contributed by atoms with van der Waals surface area (Å²) in [6, 6.07) is 7.93. The molecule has 19 heavy (non-hydrogen) atoms. The molecule has 1 fully saturated rings. The lowest BCUT2D eigenvalue weighted by Gasteiger charge is -2.32. The number of halogens is 1. The minimum atomic E-state index is -0.307. The smallest absolute Gasteiger partial charge is 0.263 e. The van der Waals surface area contributed by atoms with Crippen molar-refractivity contribution in [2.45, 2.75) is 25.4 Å². The van der Waals surface area contributed by atoms with Crippen molar-refractivity contribution in [3.05, 3.63) is 29.8 Å². The summed E-state index contributed by atoms with van der Waals surface area (Å²) in [5.74, 6) is 1.74. The van der Waals surface area contributed by atoms with Gasteiger partial charge in [0, 0.05) is 24.8 Å². The molecule has 1 atom stereocenters. The van der Waals surface area contributed by atoms with Gasteiger partial charge in [-0.05, 0) is 30.4 Å². The topological polar surface area (TPSA) is 29.5 Å². The van der Waals surface area contributed by atoms with Crippen molar-refractivity contribution >= 4 is 21.8 Å². The Morgan fingerprint density at radius 2 is 2.05 bits per heavy atom. The number of hydrogen-bond donors (Lipinski definition) is 0. The second-order valence-electron chi connectivity index (χ2n) is 5.34. The van der Waals surface area contributed by atoms with Gasteiger partial charge in [-0.1, -0.05) is 34.1 Å². The number of alkyl halides is 1. The molecule has 0 aromatic heterocycles. The quantitative estimate of drug-likeness (QED) is 0.783. The van der Waals surface area contributed by atoms with Crippen LogP contribution in [0.1, 0.15) is 18.4 Å². The molecule has 102 valence electrons. The van der Waals surface area contributed by atoms with Crippen LogP contribution < -0.4 is 4.74 Å². The molecule has 0 aliphatic carbocycles. The van der Waals surface area contributed by atoms with Crippen LogP contribution in [0.25, 0.3) is 0 Å². The molecule has 2 heterocycles. The number of nitrogens with zero attached hydrogens (tertiary/aromatic N) is 1. The molecule has 4 heteroatoms. The maximum Gasteiger partial charge on any atom is 0.263 e. The molecular formula is C15H18BrNO2. The minimum Gasteiger partial charge on any atom is -0.480 e. The summed E-state index contributed by atoms with van der Waals surface area (Å²) in [6.07, 6.45) is 2.60. The molecule has 1 unspecified atom stereocenters. The number of hydrogen-bond acceptors (Lipinski definition) is 2. The number of rotatable bonds is 2. The van der Waals surface area contributed by atoms with Gasteiger partial charge in [0.15, 0.2) is 6.10 Å². The summed E-state index contributed by atoms with van der Waals surface area (Å²) in [5.41, 5.74) is 1.15. The maximum atomic E-state index is 12.5. The summed E-state index contributed by atoms with van der Waals surface area (Å²) >= 11 is 3.53. The lowest BCUT2D eigenvalue weighted by molar-refractivity contribution is -0.139. The monoisotopic (exact) mass is 323 g/mol. The van der Waals surface area contributed by atoms with E-state index in [0.717, 1.165) is 42.6 Å². The van der Waals surface area contributed by atoms with E-state index >= 15 is 0 Å². The Balaban J connectivity index is 1.61. The number of ether oxygens (including phenoxy) is 1. The molecule has 3 rings (SSSR count). The summed E-state index contributed by atoms with van der Waals surface area (Å²) in [4.78, 5) is 14.4. The van der Waals surface area contributed by atoms with Gasteiger partial charge in [0.25, 0.3) is 5.91 Å². The zero-order valence-corrected chi connectivity index (χ0v) is 12.4. The Bertz CT molecular complexity index is 444. The number of para-hydroxylation sites is 1. The van der Waals surface area contributed by atoms with Gasteiger partial charge in [0.1, 0.15) is 5.75 Å². The van der Waals surface area contributed by atoms with E-state index in [9.17, 15) is 4.79 Å². The van der Waals surface area contributed by atoms with Crippen molar-refractivity contribution in [3.63, 3.8) is 0 Å². The first kappa shape index (κ1) is 13.0. The van der Waals surface area contributed by atoms with Gasteiger partial charge in [-0.3, -0.25) is 4.79 Å². The third-order valence-electron chi connectivity index (χ3n) is 4.07. The van der Waals surface area contributed by atoms with Crippen LogP contribution in [0.2, 0.25) is 0 Å². The van der Waals surface area contributed by atoms with Crippen molar-refractivity contribution < 1.29 is 9.53 Å². The molecule has 0 bridgehead atoms. The molecule has 1 aromatic carbocycles. The van der Waals surface area contributed by atoms with Crippen molar-refractivity contribution in [2.24, 2.45) is 5.92 Å². The van der Waals surface area contributed by atoms with Gasteiger partial charge in [-0.15, -0.1) is 0 Å². The van der Waals surface area contributed by atoms with Crippen LogP contribution in [-0.2, 0) is 11.2 Å². The molecule has 0 saturated carbocycles. The number of carbonyl (C=O) groups excluding carboxylic acids is 1. The van der Waals surface area contributed by atoms with Gasteiger partial charge in [0.05, 0.1) is 0 Å². The zero-order valence-electron chi connectivity index (χ0n) is 10.8. The normalized spacial score (nSPS) is 23.0. The summed E-state index contributed by atoms with van der Waals surface area (Å²) in [6.45, 7) is 1.73. The minimum absolute atomic E-state index is 0.157. The SMILES string of the molecule is O=C(C1Cc2ccccc2O1)N1CCC(CBr)CC1. The first-order chi connectivity index (χ1) is 9.28. The van der Waals surface area contributed by atoms with Crippen LogP contribution in [0.5, 0.6) is 5.75 Å². The van der Waals surface area contributed by atoms with E-state index in [1.807, 2.05) is 29.2 Å². The Morgan fingerprint density at radius 1 is 1.32 bits per heavy atom. The van der Waals surface area contributed by atoms with E-state index < -0.39 is 0 Å². The van der Waals surface area contributed by atoms with Gasteiger partial charge in [-0.25, -0.2) is 0 Å². The summed E-state index contributed by atoms with van der Waals surface area (Å²) in [5, 5.41) is 1.04. The fraction of sp³-hybridized carbons (Fsp3) is 0.533. The maximum absolute atomic E-state index is 12.5. The lowest BCUT2D eigenvalue weighted by atomic mass is 9.98. The zero-order chi connectivity index (χ0) is 13.2. The Kier molecular flexibility index (Phi) is 3.78. The summed E-state index contributed by atoms with van der Waals surface area (Å²) < 4.78 is 5.77. The Labute approximate surface area is 122 Å². The molecule has 0 radical (unpaired) electrons. The molecule has 1 aromatic rings. The van der Waals surface area contributed by atoms with Crippen molar-refractivity contribution in [2.75, 3.05) is 18.4 Å². The first-order valence-electron chi connectivity index (χ1n) is 6.87. The number of fused-ring (bicyclic) bond motifs is 1. The molecule has 0 spiro atoms. The van der Waals surface area contributed by atoms with Crippen molar-refractivity contribution in [3.8, 4) is 5.75 Å². The number of amides is 1. The van der Waals surface area contributed by atoms with Crippen LogP contribution in [0.3, 0.4) is 0 Å². The van der Waals surface area contributed by atoms with E-state index in [4.69, 9.17) is 4.74 Å². The second kappa shape index (κ2) is 5.53. The Hall–Kier alpha value is -1.03. The molecule has 2 aliphatic rings. The van der Waals surface area contributed by atoms with Gasteiger partial charge < -0.3 is 9.64 Å². The summed E-state index contributed by atoms with van der Waals surface area (Å²) in [7, 11) is 0. The average molecular weight is 324 g/mol. The highest BCUT2D eigenvalue weighted by Crippen LogP contribution is 2.29. The van der Waals surface area contributed by atoms with Crippen molar-refractivity contribution in [1.82, 2.24) is 4.90 Å². The third kappa shape index (κ3) is 2.64. The lowest BCUT2D eigenvalue weighted by Crippen LogP contribution is -2.45. The van der Waals surface area contributed by atoms with Crippen LogP contribution in [0.4, 0.5) is 0 Å². The number of likely N-dealkylation sites (tertiary alicyclic amines) is 1. The predicted octanol–water partition coefficient (Wildman–Crippen LogP) is 2.62. The second-order valence-corrected chi connectivity index (χ2v) is 5.99. The molecule has 0 N–H and O–H groups in total. The van der Waals surface area contributed by atoms with E-state index in [1.165, 1.54) is 0 Å². The standard InChI is InChI=1S/C15H18BrNO2/c16-10-11-5-7-17(8-6-11)15(18)14-9-12-3-1-2-4-13(12)19-14/h1-4,11,14H,5-10H2. The largest absolute Gasteiger partial charge is 0.480 e. The molecule has 3 nitrogen and oxygen atoms in total. The fourth-order valence-electron chi connectivity index (χ4n) is 2.83. The molecule has 1 saturated heterocycles. The van der Waals surface area contributed by atoms with Gasteiger partial charge in [-0.2, -0.15) is 0 Å². The third-order valence-corrected chi connectivity index (χ3v) is 4.98. The Morgan fingerprint density at radius 3 is 2.74 bits per heavy atom. The number of benzene rings is 1. The molecule has 1 amide bonds. The number of piperidine rings is 1. The van der Waals surface area contributed by atoms with Gasteiger partial charge in [0.2, 0.25) is 0 Å². The average Bonchev–Trinajstić information content (AvgIpc) is 2.90. The highest BCUT2D eigenvalue weighted by atomic mass is 79.9. The highest BCUT2D eigenvalue weighted by Gasteiger charge is 2.33. The van der Waals surface area contributed by atoms with E-state index in [1.54, 1.807) is 0 Å². The van der Waals surface area contributed by atoms with E-state index in [-0.39, 0.29) is 12.0 Å². The van der Waals surface area contributed by atoms with Crippen molar-refractivity contribution in [1.29, 1.82) is 0 Å². The number of carbonyl (C=O) groups is 1. The van der Waals surface area contributed by atoms with E-state index in [2.05, 4.69) is 15.9 Å². The predicted molar refractivity (Wildman–Crippen MR) is 77.7 cm³/mol. The fourth-order valence-corrected chi connectivity index (χ4v) is 3.48. The first-order valence-corrected chi connectivity index (χ1v) is 7.99. The van der Waals surface area contributed by atoms with Crippen LogP contribution in [0.15, 0.2) is 24.3 Å². The van der Waals surface area contributed by atoms with Crippen LogP contribution in [0, 0.1) is 5.92 Å². The van der Waals surface area contributed by atoms with E-state index in [0.29, 0.717) is 12.3 Å². The van der Waals surface area contributed by atoms with Crippen LogP contribution >= 0.6 is 15.9 Å².